The lowest BCUT2D eigenvalue weighted by Crippen LogP contribution is -1.88. The molecule has 6 heteroatoms. The van der Waals surface area contributed by atoms with Gasteiger partial charge in [0.2, 0.25) is 5.88 Å². The molecule has 19 heavy (non-hydrogen) atoms. The number of pyridine rings is 1. The highest BCUT2D eigenvalue weighted by molar-refractivity contribution is 7.13. The molecule has 0 amide bonds. The van der Waals surface area contributed by atoms with Gasteiger partial charge in [-0.05, 0) is 12.1 Å². The van der Waals surface area contributed by atoms with Gasteiger partial charge in [-0.25, -0.2) is 0 Å². The molecule has 0 aliphatic heterocycles. The molecule has 3 rings (SSSR count). The summed E-state index contributed by atoms with van der Waals surface area (Å²) >= 11 is 1.52. The van der Waals surface area contributed by atoms with Gasteiger partial charge in [-0.3, -0.25) is 4.98 Å². The van der Waals surface area contributed by atoms with E-state index in [9.17, 15) is 0 Å². The van der Waals surface area contributed by atoms with E-state index in [1.165, 1.54) is 11.3 Å². The van der Waals surface area contributed by atoms with Crippen LogP contribution >= 0.6 is 11.3 Å². The number of nitrogens with two attached hydrogens (primary N) is 1. The van der Waals surface area contributed by atoms with E-state index in [0.29, 0.717) is 11.3 Å². The topological polar surface area (TPSA) is 74.2 Å². The molecule has 3 heterocycles. The largest absolute Gasteiger partial charge is 0.496 e. The van der Waals surface area contributed by atoms with Crippen molar-refractivity contribution in [3.05, 3.63) is 35.8 Å². The lowest BCUT2D eigenvalue weighted by atomic mass is 10.1. The second-order valence-corrected chi connectivity index (χ2v) is 4.75. The number of anilines is 1. The molecule has 0 saturated carbocycles. The molecule has 96 valence electrons. The van der Waals surface area contributed by atoms with Gasteiger partial charge in [0.1, 0.15) is 11.4 Å². The molecular weight excluding hydrogens is 262 g/mol. The lowest BCUT2D eigenvalue weighted by Gasteiger charge is -1.99. The van der Waals surface area contributed by atoms with E-state index in [1.54, 1.807) is 13.3 Å². The van der Waals surface area contributed by atoms with Gasteiger partial charge in [-0.2, -0.15) is 0 Å². The number of hydrogen-bond donors (Lipinski definition) is 1. The zero-order valence-electron chi connectivity index (χ0n) is 10.2. The average Bonchev–Trinajstić information content (AvgIpc) is 3.05. The van der Waals surface area contributed by atoms with Crippen molar-refractivity contribution in [2.24, 2.45) is 0 Å². The van der Waals surface area contributed by atoms with Gasteiger partial charge in [0.05, 0.1) is 23.2 Å². The summed E-state index contributed by atoms with van der Waals surface area (Å²) in [6, 6.07) is 7.51. The van der Waals surface area contributed by atoms with Crippen LogP contribution in [-0.4, -0.2) is 17.3 Å². The maximum atomic E-state index is 5.85. The molecule has 5 nitrogen and oxygen atoms in total. The Morgan fingerprint density at radius 3 is 2.95 bits per heavy atom. The minimum absolute atomic E-state index is 0.265. The minimum atomic E-state index is 0.265. The summed E-state index contributed by atoms with van der Waals surface area (Å²) in [5.74, 6) is 1.05. The van der Waals surface area contributed by atoms with E-state index in [0.717, 1.165) is 16.3 Å². The third-order valence-corrected chi connectivity index (χ3v) is 3.60. The molecule has 0 aromatic carbocycles. The normalized spacial score (nSPS) is 10.6. The Balaban J connectivity index is 2.13. The molecule has 0 bridgehead atoms. The smallest absolute Gasteiger partial charge is 0.232 e. The molecule has 3 aromatic heterocycles. The fraction of sp³-hybridized carbons (Fsp3) is 0.0769. The second kappa shape index (κ2) is 4.74. The Labute approximate surface area is 113 Å². The van der Waals surface area contributed by atoms with Crippen LogP contribution in [-0.2, 0) is 0 Å². The highest BCUT2D eigenvalue weighted by atomic mass is 32.1. The summed E-state index contributed by atoms with van der Waals surface area (Å²) in [6.07, 6.45) is 1.71. The van der Waals surface area contributed by atoms with Crippen molar-refractivity contribution in [1.82, 2.24) is 10.1 Å². The van der Waals surface area contributed by atoms with Crippen LogP contribution in [0.3, 0.4) is 0 Å². The summed E-state index contributed by atoms with van der Waals surface area (Å²) in [4.78, 5) is 5.22. The van der Waals surface area contributed by atoms with Gasteiger partial charge >= 0.3 is 0 Å². The first-order valence-corrected chi connectivity index (χ1v) is 6.47. The Bertz CT molecular complexity index is 691. The van der Waals surface area contributed by atoms with Crippen LogP contribution < -0.4 is 10.5 Å². The van der Waals surface area contributed by atoms with Crippen LogP contribution in [0.25, 0.3) is 21.8 Å². The van der Waals surface area contributed by atoms with Gasteiger partial charge in [-0.15, -0.1) is 11.3 Å². The molecule has 3 aromatic rings. The predicted molar refractivity (Wildman–Crippen MR) is 74.0 cm³/mol. The van der Waals surface area contributed by atoms with Crippen molar-refractivity contribution in [2.45, 2.75) is 0 Å². The first kappa shape index (κ1) is 11.7. The second-order valence-electron chi connectivity index (χ2n) is 3.84. The van der Waals surface area contributed by atoms with Crippen LogP contribution in [0.1, 0.15) is 0 Å². The standard InChI is InChI=1S/C13H11N3O2S/c1-17-8-6-10(19-7-8)12-11(13(14)18-16-12)9-4-2-3-5-15-9/h2-7H,14H2,1H3. The van der Waals surface area contributed by atoms with Crippen LogP contribution in [0, 0.1) is 0 Å². The fourth-order valence-corrected chi connectivity index (χ4v) is 2.62. The number of aromatic nitrogens is 2. The van der Waals surface area contributed by atoms with E-state index in [4.69, 9.17) is 15.0 Å². The zero-order valence-corrected chi connectivity index (χ0v) is 11.0. The van der Waals surface area contributed by atoms with Gasteiger partial charge in [-0.1, -0.05) is 11.2 Å². The van der Waals surface area contributed by atoms with Crippen molar-refractivity contribution >= 4 is 17.2 Å². The van der Waals surface area contributed by atoms with Crippen molar-refractivity contribution in [3.8, 4) is 27.6 Å². The van der Waals surface area contributed by atoms with Crippen LogP contribution in [0.5, 0.6) is 5.75 Å². The van der Waals surface area contributed by atoms with Gasteiger partial charge in [0, 0.05) is 17.6 Å². The third-order valence-electron chi connectivity index (χ3n) is 2.68. The highest BCUT2D eigenvalue weighted by Gasteiger charge is 2.19. The maximum Gasteiger partial charge on any atom is 0.232 e. The zero-order chi connectivity index (χ0) is 13.2. The van der Waals surface area contributed by atoms with Gasteiger partial charge < -0.3 is 15.0 Å². The van der Waals surface area contributed by atoms with Gasteiger partial charge in [0.25, 0.3) is 0 Å². The lowest BCUT2D eigenvalue weighted by molar-refractivity contribution is 0.416. The first-order chi connectivity index (χ1) is 9.29. The fourth-order valence-electron chi connectivity index (χ4n) is 1.78. The molecule has 0 fully saturated rings. The third kappa shape index (κ3) is 2.06. The average molecular weight is 273 g/mol. The highest BCUT2D eigenvalue weighted by Crippen LogP contribution is 2.39. The van der Waals surface area contributed by atoms with E-state index >= 15 is 0 Å². The molecular formula is C13H11N3O2S. The molecule has 0 aliphatic carbocycles. The summed E-state index contributed by atoms with van der Waals surface area (Å²) in [6.45, 7) is 0. The van der Waals surface area contributed by atoms with Crippen molar-refractivity contribution in [1.29, 1.82) is 0 Å². The number of nitrogen functional groups attached to an aromatic ring is 1. The summed E-state index contributed by atoms with van der Waals surface area (Å²) in [5.41, 5.74) is 7.99. The van der Waals surface area contributed by atoms with Crippen LogP contribution in [0.15, 0.2) is 40.4 Å². The summed E-state index contributed by atoms with van der Waals surface area (Å²) < 4.78 is 10.3. The molecule has 0 radical (unpaired) electrons. The number of ether oxygens (including phenoxy) is 1. The minimum Gasteiger partial charge on any atom is -0.496 e. The molecule has 2 N–H and O–H groups in total. The molecule has 0 spiro atoms. The first-order valence-electron chi connectivity index (χ1n) is 5.59. The molecule has 0 atom stereocenters. The Kier molecular flexibility index (Phi) is 2.92. The Hall–Kier alpha value is -2.34. The maximum absolute atomic E-state index is 5.85. The van der Waals surface area contributed by atoms with E-state index in [2.05, 4.69) is 10.1 Å². The number of methoxy groups -OCH3 is 1. The summed E-state index contributed by atoms with van der Waals surface area (Å²) in [5, 5.41) is 5.93. The van der Waals surface area contributed by atoms with E-state index in [-0.39, 0.29) is 5.88 Å². The predicted octanol–water partition coefficient (Wildman–Crippen LogP) is 3.06. The number of nitrogens with zero attached hydrogens (tertiary/aromatic N) is 2. The van der Waals surface area contributed by atoms with Gasteiger partial charge in [0.15, 0.2) is 0 Å². The van der Waals surface area contributed by atoms with Crippen LogP contribution in [0.2, 0.25) is 0 Å². The van der Waals surface area contributed by atoms with E-state index < -0.39 is 0 Å². The van der Waals surface area contributed by atoms with E-state index in [1.807, 2.05) is 29.6 Å². The number of thiophene rings is 1. The monoisotopic (exact) mass is 273 g/mol. The quantitative estimate of drug-likeness (QED) is 0.793. The number of hydrogen-bond acceptors (Lipinski definition) is 6. The molecule has 0 saturated heterocycles. The molecule has 0 aliphatic rings. The van der Waals surface area contributed by atoms with Crippen molar-refractivity contribution in [2.75, 3.05) is 12.8 Å². The van der Waals surface area contributed by atoms with Crippen molar-refractivity contribution in [3.63, 3.8) is 0 Å². The van der Waals surface area contributed by atoms with Crippen LogP contribution in [0.4, 0.5) is 5.88 Å². The van der Waals surface area contributed by atoms with Crippen molar-refractivity contribution < 1.29 is 9.26 Å². The number of rotatable bonds is 3. The molecule has 0 unspecified atom stereocenters. The Morgan fingerprint density at radius 1 is 1.37 bits per heavy atom. The SMILES string of the molecule is COc1csc(-c2noc(N)c2-c2ccccn2)c1. The Morgan fingerprint density at radius 2 is 2.26 bits per heavy atom. The summed E-state index contributed by atoms with van der Waals surface area (Å²) in [7, 11) is 1.63.